The predicted octanol–water partition coefficient (Wildman–Crippen LogP) is 2.00. The lowest BCUT2D eigenvalue weighted by molar-refractivity contribution is -0.146. The van der Waals surface area contributed by atoms with Crippen molar-refractivity contribution in [1.29, 1.82) is 0 Å². The minimum atomic E-state index is -1.06. The molecule has 0 aliphatic carbocycles. The summed E-state index contributed by atoms with van der Waals surface area (Å²) < 4.78 is 0. The first-order valence-corrected chi connectivity index (χ1v) is 7.85. The van der Waals surface area contributed by atoms with Gasteiger partial charge >= 0.3 is 5.97 Å². The Morgan fingerprint density at radius 2 is 2.05 bits per heavy atom. The van der Waals surface area contributed by atoms with Crippen molar-refractivity contribution in [2.24, 2.45) is 0 Å². The average Bonchev–Trinajstić information content (AvgIpc) is 2.88. The standard InChI is InChI=1S/C15H19NO3S/c1-11-2-4-12(5-3-11)6-7-13(17)16-15(14(18)19)8-9-20-10-15/h2-5H,6-10H2,1H3,(H,16,17)(H,18,19)/t15-/m0/s1. The fraction of sp³-hybridized carbons (Fsp3) is 0.467. The number of carbonyl (C=O) groups is 2. The van der Waals surface area contributed by atoms with Gasteiger partial charge in [0.2, 0.25) is 5.91 Å². The molecule has 4 nitrogen and oxygen atoms in total. The van der Waals surface area contributed by atoms with Crippen molar-refractivity contribution in [2.75, 3.05) is 11.5 Å². The van der Waals surface area contributed by atoms with E-state index in [2.05, 4.69) is 5.32 Å². The first kappa shape index (κ1) is 14.9. The molecule has 0 aromatic heterocycles. The van der Waals surface area contributed by atoms with E-state index in [1.807, 2.05) is 31.2 Å². The van der Waals surface area contributed by atoms with Gasteiger partial charge in [0, 0.05) is 12.2 Å². The third kappa shape index (κ3) is 3.54. The van der Waals surface area contributed by atoms with E-state index >= 15 is 0 Å². The zero-order valence-corrected chi connectivity index (χ0v) is 12.3. The fourth-order valence-electron chi connectivity index (χ4n) is 2.23. The van der Waals surface area contributed by atoms with Crippen molar-refractivity contribution in [1.82, 2.24) is 5.32 Å². The van der Waals surface area contributed by atoms with Gasteiger partial charge in [-0.25, -0.2) is 4.79 Å². The predicted molar refractivity (Wildman–Crippen MR) is 80.0 cm³/mol. The maximum Gasteiger partial charge on any atom is 0.330 e. The van der Waals surface area contributed by atoms with Gasteiger partial charge in [-0.2, -0.15) is 11.8 Å². The van der Waals surface area contributed by atoms with Gasteiger partial charge in [0.25, 0.3) is 0 Å². The van der Waals surface area contributed by atoms with E-state index in [-0.39, 0.29) is 5.91 Å². The second kappa shape index (κ2) is 6.31. The molecule has 1 aromatic rings. The van der Waals surface area contributed by atoms with E-state index in [1.165, 1.54) is 5.56 Å². The second-order valence-corrected chi connectivity index (χ2v) is 6.33. The Hall–Kier alpha value is -1.49. The van der Waals surface area contributed by atoms with Gasteiger partial charge < -0.3 is 10.4 Å². The molecular weight excluding hydrogens is 274 g/mol. The minimum absolute atomic E-state index is 0.185. The van der Waals surface area contributed by atoms with Gasteiger partial charge in [-0.15, -0.1) is 0 Å². The number of carboxylic acids is 1. The quantitative estimate of drug-likeness (QED) is 0.871. The maximum atomic E-state index is 12.0. The van der Waals surface area contributed by atoms with E-state index < -0.39 is 11.5 Å². The lowest BCUT2D eigenvalue weighted by Crippen LogP contribution is -2.54. The highest BCUT2D eigenvalue weighted by atomic mass is 32.2. The monoisotopic (exact) mass is 293 g/mol. The van der Waals surface area contributed by atoms with Crippen molar-refractivity contribution in [2.45, 2.75) is 31.7 Å². The zero-order valence-electron chi connectivity index (χ0n) is 11.5. The van der Waals surface area contributed by atoms with Crippen molar-refractivity contribution in [3.63, 3.8) is 0 Å². The van der Waals surface area contributed by atoms with E-state index in [0.29, 0.717) is 25.0 Å². The maximum absolute atomic E-state index is 12.0. The summed E-state index contributed by atoms with van der Waals surface area (Å²) in [5.74, 6) is 0.130. The number of hydrogen-bond acceptors (Lipinski definition) is 3. The summed E-state index contributed by atoms with van der Waals surface area (Å²) in [7, 11) is 0. The molecule has 1 atom stereocenters. The van der Waals surface area contributed by atoms with Gasteiger partial charge in [-0.3, -0.25) is 4.79 Å². The van der Waals surface area contributed by atoms with Crippen LogP contribution < -0.4 is 5.32 Å². The van der Waals surface area contributed by atoms with Crippen LogP contribution in [0.4, 0.5) is 0 Å². The molecule has 5 heteroatoms. The van der Waals surface area contributed by atoms with E-state index in [1.54, 1.807) is 11.8 Å². The third-order valence-electron chi connectivity index (χ3n) is 3.57. The third-order valence-corrected chi connectivity index (χ3v) is 4.76. The number of carboxylic acid groups (broad SMARTS) is 1. The number of carbonyl (C=O) groups excluding carboxylic acids is 1. The Morgan fingerprint density at radius 3 is 2.60 bits per heavy atom. The molecule has 1 aliphatic heterocycles. The number of thioether (sulfide) groups is 1. The first-order chi connectivity index (χ1) is 9.52. The number of benzene rings is 1. The Morgan fingerprint density at radius 1 is 1.35 bits per heavy atom. The highest BCUT2D eigenvalue weighted by Gasteiger charge is 2.43. The fourth-order valence-corrected chi connectivity index (χ4v) is 3.55. The lowest BCUT2D eigenvalue weighted by Gasteiger charge is -2.24. The highest BCUT2D eigenvalue weighted by molar-refractivity contribution is 7.99. The Balaban J connectivity index is 1.89. The molecule has 0 bridgehead atoms. The van der Waals surface area contributed by atoms with Crippen LogP contribution in [0.15, 0.2) is 24.3 Å². The van der Waals surface area contributed by atoms with Gasteiger partial charge in [-0.05, 0) is 31.1 Å². The number of aryl methyl sites for hydroxylation is 2. The van der Waals surface area contributed by atoms with Gasteiger partial charge in [-0.1, -0.05) is 29.8 Å². The molecule has 1 fully saturated rings. The van der Waals surface area contributed by atoms with Crippen LogP contribution in [0.25, 0.3) is 0 Å². The van der Waals surface area contributed by atoms with Crippen LogP contribution in [0.1, 0.15) is 24.0 Å². The molecule has 108 valence electrons. The van der Waals surface area contributed by atoms with Crippen LogP contribution in [0.3, 0.4) is 0 Å². The molecular formula is C15H19NO3S. The van der Waals surface area contributed by atoms with Crippen LogP contribution in [0.5, 0.6) is 0 Å². The van der Waals surface area contributed by atoms with Crippen molar-refractivity contribution in [3.8, 4) is 0 Å². The van der Waals surface area contributed by atoms with Crippen LogP contribution in [0.2, 0.25) is 0 Å². The molecule has 0 spiro atoms. The van der Waals surface area contributed by atoms with Crippen LogP contribution in [0, 0.1) is 6.92 Å². The number of hydrogen-bond donors (Lipinski definition) is 2. The average molecular weight is 293 g/mol. The molecule has 20 heavy (non-hydrogen) atoms. The normalized spacial score (nSPS) is 21.6. The molecule has 1 saturated heterocycles. The van der Waals surface area contributed by atoms with Crippen molar-refractivity contribution in [3.05, 3.63) is 35.4 Å². The summed E-state index contributed by atoms with van der Waals surface area (Å²) in [6.07, 6.45) is 1.46. The Labute approximate surface area is 123 Å². The molecule has 1 amide bonds. The molecule has 0 saturated carbocycles. The summed E-state index contributed by atoms with van der Waals surface area (Å²) >= 11 is 1.57. The molecule has 0 radical (unpaired) electrons. The van der Waals surface area contributed by atoms with Gasteiger partial charge in [0.15, 0.2) is 0 Å². The number of nitrogens with one attached hydrogen (secondary N) is 1. The summed E-state index contributed by atoms with van der Waals surface area (Å²) in [5.41, 5.74) is 1.22. The van der Waals surface area contributed by atoms with E-state index in [0.717, 1.165) is 11.3 Å². The zero-order chi connectivity index (χ0) is 14.6. The van der Waals surface area contributed by atoms with Crippen molar-refractivity contribution < 1.29 is 14.7 Å². The smallest absolute Gasteiger partial charge is 0.330 e. The summed E-state index contributed by atoms with van der Waals surface area (Å²) in [6.45, 7) is 2.02. The van der Waals surface area contributed by atoms with E-state index in [9.17, 15) is 14.7 Å². The molecule has 2 N–H and O–H groups in total. The first-order valence-electron chi connectivity index (χ1n) is 6.69. The summed E-state index contributed by atoms with van der Waals surface area (Å²) in [6, 6.07) is 8.03. The highest BCUT2D eigenvalue weighted by Crippen LogP contribution is 2.28. The largest absolute Gasteiger partial charge is 0.479 e. The molecule has 2 rings (SSSR count). The number of aliphatic carboxylic acids is 1. The molecule has 0 unspecified atom stereocenters. The van der Waals surface area contributed by atoms with E-state index in [4.69, 9.17) is 0 Å². The minimum Gasteiger partial charge on any atom is -0.479 e. The summed E-state index contributed by atoms with van der Waals surface area (Å²) in [5, 5.41) is 12.0. The van der Waals surface area contributed by atoms with Crippen LogP contribution in [-0.4, -0.2) is 34.0 Å². The summed E-state index contributed by atoms with van der Waals surface area (Å²) in [4.78, 5) is 23.3. The topological polar surface area (TPSA) is 66.4 Å². The second-order valence-electron chi connectivity index (χ2n) is 5.22. The van der Waals surface area contributed by atoms with Crippen LogP contribution >= 0.6 is 11.8 Å². The van der Waals surface area contributed by atoms with Gasteiger partial charge in [0.1, 0.15) is 5.54 Å². The molecule has 1 aliphatic rings. The molecule has 1 heterocycles. The number of amides is 1. The van der Waals surface area contributed by atoms with Gasteiger partial charge in [0.05, 0.1) is 0 Å². The lowest BCUT2D eigenvalue weighted by atomic mass is 9.98. The SMILES string of the molecule is Cc1ccc(CCC(=O)N[C@@]2(C(=O)O)CCSC2)cc1. The Kier molecular flexibility index (Phi) is 4.70. The number of rotatable bonds is 5. The Bertz CT molecular complexity index is 492. The van der Waals surface area contributed by atoms with Crippen molar-refractivity contribution >= 4 is 23.6 Å². The molecule has 1 aromatic carbocycles. The van der Waals surface area contributed by atoms with Crippen LogP contribution in [-0.2, 0) is 16.0 Å².